The maximum Gasteiger partial charge on any atom is 0.337 e. The van der Waals surface area contributed by atoms with Gasteiger partial charge in [0.1, 0.15) is 5.82 Å². The first-order valence-electron chi connectivity index (χ1n) is 6.27. The molecule has 1 aromatic rings. The number of halogens is 1. The van der Waals surface area contributed by atoms with Gasteiger partial charge in [0, 0.05) is 13.1 Å². The van der Waals surface area contributed by atoms with Gasteiger partial charge in [-0.15, -0.1) is 0 Å². The van der Waals surface area contributed by atoms with Crippen LogP contribution in [0.1, 0.15) is 16.8 Å². The van der Waals surface area contributed by atoms with Crippen molar-refractivity contribution in [3.8, 4) is 0 Å². The Morgan fingerprint density at radius 2 is 2.10 bits per heavy atom. The molecule has 1 fully saturated rings. The molecule has 1 atom stereocenters. The number of carboxylic acid groups (broad SMARTS) is 1. The molecule has 1 heterocycles. The zero-order chi connectivity index (χ0) is 15.6. The topological polar surface area (TPSA) is 113 Å². The lowest BCUT2D eigenvalue weighted by Crippen LogP contribution is -2.35. The number of urea groups is 1. The van der Waals surface area contributed by atoms with Gasteiger partial charge in [-0.25, -0.2) is 14.0 Å². The molecule has 1 aromatic carbocycles. The summed E-state index contributed by atoms with van der Waals surface area (Å²) in [6.07, 6.45) is 0.436. The molecule has 21 heavy (non-hydrogen) atoms. The normalized spacial score (nSPS) is 17.6. The smallest absolute Gasteiger partial charge is 0.337 e. The summed E-state index contributed by atoms with van der Waals surface area (Å²) in [7, 11) is 0. The van der Waals surface area contributed by atoms with Gasteiger partial charge >= 0.3 is 12.0 Å². The lowest BCUT2D eigenvalue weighted by molar-refractivity contribution is -0.121. The number of nitrogens with two attached hydrogens (primary N) is 1. The second-order valence-electron chi connectivity index (χ2n) is 4.73. The van der Waals surface area contributed by atoms with Gasteiger partial charge in [-0.2, -0.15) is 0 Å². The van der Waals surface area contributed by atoms with Crippen LogP contribution in [-0.4, -0.2) is 41.0 Å². The number of nitrogens with zero attached hydrogens (tertiary/aromatic N) is 1. The molecule has 112 valence electrons. The number of anilines is 1. The van der Waals surface area contributed by atoms with Gasteiger partial charge in [0.05, 0.1) is 17.2 Å². The third-order valence-electron chi connectivity index (χ3n) is 3.35. The van der Waals surface area contributed by atoms with E-state index in [2.05, 4.69) is 5.32 Å². The van der Waals surface area contributed by atoms with Crippen LogP contribution in [-0.2, 0) is 4.79 Å². The van der Waals surface area contributed by atoms with E-state index in [9.17, 15) is 18.8 Å². The van der Waals surface area contributed by atoms with E-state index >= 15 is 0 Å². The molecule has 0 aromatic heterocycles. The van der Waals surface area contributed by atoms with Crippen LogP contribution >= 0.6 is 0 Å². The van der Waals surface area contributed by atoms with Gasteiger partial charge in [0.25, 0.3) is 0 Å². The van der Waals surface area contributed by atoms with Crippen LogP contribution in [0.25, 0.3) is 0 Å². The molecule has 4 N–H and O–H groups in total. The number of carbonyl (C=O) groups is 3. The summed E-state index contributed by atoms with van der Waals surface area (Å²) in [6, 6.07) is 2.83. The van der Waals surface area contributed by atoms with Gasteiger partial charge in [-0.1, -0.05) is 6.07 Å². The van der Waals surface area contributed by atoms with E-state index in [1.165, 1.54) is 17.0 Å². The van der Waals surface area contributed by atoms with Crippen LogP contribution in [0.5, 0.6) is 0 Å². The number of nitrogens with one attached hydrogen (secondary N) is 1. The van der Waals surface area contributed by atoms with Crippen molar-refractivity contribution in [1.82, 2.24) is 4.90 Å². The summed E-state index contributed by atoms with van der Waals surface area (Å²) in [5.41, 5.74) is 4.44. The fraction of sp³-hybridized carbons (Fsp3) is 0.308. The SMILES string of the molecule is NC(=O)C1CCN(C(=O)Nc2c(F)cccc2C(=O)O)C1. The molecular weight excluding hydrogens is 281 g/mol. The van der Waals surface area contributed by atoms with Crippen molar-refractivity contribution in [2.24, 2.45) is 11.7 Å². The van der Waals surface area contributed by atoms with Crippen molar-refractivity contribution in [1.29, 1.82) is 0 Å². The predicted octanol–water partition coefficient (Wildman–Crippen LogP) is 0.863. The monoisotopic (exact) mass is 295 g/mol. The van der Waals surface area contributed by atoms with Gasteiger partial charge in [-0.3, -0.25) is 4.79 Å². The third kappa shape index (κ3) is 3.10. The molecule has 3 amide bonds. The highest BCUT2D eigenvalue weighted by Gasteiger charge is 2.30. The summed E-state index contributed by atoms with van der Waals surface area (Å²) in [4.78, 5) is 35.4. The minimum absolute atomic E-state index is 0.137. The molecule has 8 heteroatoms. The number of rotatable bonds is 3. The minimum Gasteiger partial charge on any atom is -0.478 e. The molecule has 0 saturated carbocycles. The van der Waals surface area contributed by atoms with Gasteiger partial charge in [0.15, 0.2) is 0 Å². The Morgan fingerprint density at radius 3 is 2.67 bits per heavy atom. The molecular formula is C13H14FN3O4. The average molecular weight is 295 g/mol. The zero-order valence-corrected chi connectivity index (χ0v) is 11.0. The molecule has 0 bridgehead atoms. The number of amides is 3. The first-order valence-corrected chi connectivity index (χ1v) is 6.27. The molecule has 1 aliphatic rings. The second-order valence-corrected chi connectivity index (χ2v) is 4.73. The highest BCUT2D eigenvalue weighted by molar-refractivity contribution is 6.00. The number of benzene rings is 1. The van der Waals surface area contributed by atoms with Crippen LogP contribution in [0, 0.1) is 11.7 Å². The van der Waals surface area contributed by atoms with Crippen LogP contribution in [0.4, 0.5) is 14.9 Å². The minimum atomic E-state index is -1.35. The zero-order valence-electron chi connectivity index (χ0n) is 11.0. The maximum absolute atomic E-state index is 13.7. The lowest BCUT2D eigenvalue weighted by Gasteiger charge is -2.18. The predicted molar refractivity (Wildman–Crippen MR) is 71.3 cm³/mol. The van der Waals surface area contributed by atoms with Gasteiger partial charge in [-0.05, 0) is 18.6 Å². The fourth-order valence-electron chi connectivity index (χ4n) is 2.19. The summed E-state index contributed by atoms with van der Waals surface area (Å²) in [5.74, 6) is -3.12. The number of primary amides is 1. The largest absolute Gasteiger partial charge is 0.478 e. The van der Waals surface area contributed by atoms with E-state index in [1.807, 2.05) is 0 Å². The molecule has 7 nitrogen and oxygen atoms in total. The first kappa shape index (κ1) is 14.8. The van der Waals surface area contributed by atoms with Crippen LogP contribution in [0.2, 0.25) is 0 Å². The number of carbonyl (C=O) groups excluding carboxylic acids is 2. The Morgan fingerprint density at radius 1 is 1.38 bits per heavy atom. The summed E-state index contributed by atoms with van der Waals surface area (Å²) < 4.78 is 13.7. The van der Waals surface area contributed by atoms with Crippen molar-refractivity contribution in [2.45, 2.75) is 6.42 Å². The summed E-state index contributed by atoms with van der Waals surface area (Å²) in [5, 5.41) is 11.2. The first-order chi connectivity index (χ1) is 9.90. The van der Waals surface area contributed by atoms with Crippen molar-refractivity contribution in [2.75, 3.05) is 18.4 Å². The van der Waals surface area contributed by atoms with E-state index in [1.54, 1.807) is 0 Å². The van der Waals surface area contributed by atoms with E-state index in [0.717, 1.165) is 6.07 Å². The summed E-state index contributed by atoms with van der Waals surface area (Å²) >= 11 is 0. The average Bonchev–Trinajstić information content (AvgIpc) is 2.90. The number of hydrogen-bond acceptors (Lipinski definition) is 3. The highest BCUT2D eigenvalue weighted by Crippen LogP contribution is 2.22. The number of para-hydroxylation sites is 1. The Balaban J connectivity index is 2.14. The van der Waals surface area contributed by atoms with Crippen molar-refractivity contribution < 1.29 is 23.9 Å². The highest BCUT2D eigenvalue weighted by atomic mass is 19.1. The van der Waals surface area contributed by atoms with Crippen LogP contribution < -0.4 is 11.1 Å². The van der Waals surface area contributed by atoms with Crippen molar-refractivity contribution >= 4 is 23.6 Å². The third-order valence-corrected chi connectivity index (χ3v) is 3.35. The molecule has 1 saturated heterocycles. The molecule has 0 spiro atoms. The Labute approximate surface area is 119 Å². The Kier molecular flexibility index (Phi) is 4.06. The van der Waals surface area contributed by atoms with Crippen LogP contribution in [0.15, 0.2) is 18.2 Å². The lowest BCUT2D eigenvalue weighted by atomic mass is 10.1. The molecule has 2 rings (SSSR count). The summed E-state index contributed by atoms with van der Waals surface area (Å²) in [6.45, 7) is 0.439. The van der Waals surface area contributed by atoms with E-state index < -0.39 is 35.3 Å². The molecule has 0 aliphatic carbocycles. The van der Waals surface area contributed by atoms with E-state index in [-0.39, 0.29) is 12.1 Å². The van der Waals surface area contributed by atoms with Gasteiger partial charge < -0.3 is 21.1 Å². The van der Waals surface area contributed by atoms with E-state index in [0.29, 0.717) is 13.0 Å². The number of aromatic carboxylic acids is 1. The standard InChI is InChI=1S/C13H14FN3O4/c14-9-3-1-2-8(12(19)20)10(9)16-13(21)17-5-4-7(6-17)11(15)18/h1-3,7H,4-6H2,(H2,15,18)(H,16,21)(H,19,20). The Bertz CT molecular complexity index is 605. The van der Waals surface area contributed by atoms with Crippen molar-refractivity contribution in [3.63, 3.8) is 0 Å². The Hall–Kier alpha value is -2.64. The molecule has 1 aliphatic heterocycles. The second kappa shape index (κ2) is 5.78. The van der Waals surface area contributed by atoms with Crippen LogP contribution in [0.3, 0.4) is 0 Å². The quantitative estimate of drug-likeness (QED) is 0.767. The number of carboxylic acids is 1. The number of hydrogen-bond donors (Lipinski definition) is 3. The van der Waals surface area contributed by atoms with Gasteiger partial charge in [0.2, 0.25) is 5.91 Å². The van der Waals surface area contributed by atoms with E-state index in [4.69, 9.17) is 10.8 Å². The van der Waals surface area contributed by atoms with Crippen molar-refractivity contribution in [3.05, 3.63) is 29.6 Å². The molecule has 0 radical (unpaired) electrons. The fourth-order valence-corrected chi connectivity index (χ4v) is 2.19. The molecule has 1 unspecified atom stereocenters. The maximum atomic E-state index is 13.7. The number of likely N-dealkylation sites (tertiary alicyclic amines) is 1.